The molecule has 0 heterocycles. The summed E-state index contributed by atoms with van der Waals surface area (Å²) in [6.45, 7) is 4.48. The number of halogens is 1. The van der Waals surface area contributed by atoms with E-state index in [2.05, 4.69) is 33.1 Å². The van der Waals surface area contributed by atoms with Gasteiger partial charge in [-0.3, -0.25) is 4.79 Å². The van der Waals surface area contributed by atoms with Crippen LogP contribution in [0.3, 0.4) is 0 Å². The summed E-state index contributed by atoms with van der Waals surface area (Å²) in [5.41, 5.74) is 0.746. The molecule has 92 valence electrons. The zero-order chi connectivity index (χ0) is 12.7. The van der Waals surface area contributed by atoms with Gasteiger partial charge < -0.3 is 15.4 Å². The minimum atomic E-state index is -0.0936. The number of benzene rings is 1. The summed E-state index contributed by atoms with van der Waals surface area (Å²) < 4.78 is 5.84. The van der Waals surface area contributed by atoms with Crippen LogP contribution in [0, 0.1) is 0 Å². The van der Waals surface area contributed by atoms with Gasteiger partial charge in [0.05, 0.1) is 13.7 Å². The number of carbonyl (C=O) groups excluding carboxylic acids is 1. The molecule has 1 aromatic carbocycles. The van der Waals surface area contributed by atoms with Gasteiger partial charge in [0.25, 0.3) is 0 Å². The Morgan fingerprint density at radius 1 is 1.35 bits per heavy atom. The molecule has 0 unspecified atom stereocenters. The first kappa shape index (κ1) is 13.7. The van der Waals surface area contributed by atoms with Crippen molar-refractivity contribution in [3.8, 4) is 5.75 Å². The molecule has 0 bridgehead atoms. The maximum absolute atomic E-state index is 11.5. The molecule has 0 aliphatic carbocycles. The summed E-state index contributed by atoms with van der Waals surface area (Å²) in [5, 5.41) is 5.71. The molecule has 1 amide bonds. The number of hydrogen-bond acceptors (Lipinski definition) is 3. The van der Waals surface area contributed by atoms with Crippen molar-refractivity contribution in [1.29, 1.82) is 0 Å². The fourth-order valence-corrected chi connectivity index (χ4v) is 1.39. The van der Waals surface area contributed by atoms with Crippen LogP contribution in [0.2, 0.25) is 0 Å². The highest BCUT2D eigenvalue weighted by molar-refractivity contribution is 9.11. The van der Waals surface area contributed by atoms with Crippen molar-refractivity contribution in [3.63, 3.8) is 0 Å². The molecule has 0 aliphatic rings. The van der Waals surface area contributed by atoms with Gasteiger partial charge in [-0.1, -0.05) is 22.5 Å². The molecule has 0 aliphatic heterocycles. The molecule has 17 heavy (non-hydrogen) atoms. The van der Waals surface area contributed by atoms with Crippen LogP contribution in [0.5, 0.6) is 5.75 Å². The molecule has 5 heteroatoms. The standard InChI is InChI=1S/C12H15BrN2O2/c1-9(13)7-14-8-12(16)15-10-3-5-11(17-2)6-4-10/h3-6,14H,1,7-8H2,2H3,(H,15,16). The summed E-state index contributed by atoms with van der Waals surface area (Å²) in [6.07, 6.45) is 0. The van der Waals surface area contributed by atoms with Crippen LogP contribution in [0.15, 0.2) is 35.3 Å². The maximum atomic E-state index is 11.5. The van der Waals surface area contributed by atoms with E-state index >= 15 is 0 Å². The molecule has 2 N–H and O–H groups in total. The van der Waals surface area contributed by atoms with Gasteiger partial charge in [0, 0.05) is 16.7 Å². The topological polar surface area (TPSA) is 50.4 Å². The Morgan fingerprint density at radius 3 is 2.53 bits per heavy atom. The minimum Gasteiger partial charge on any atom is -0.497 e. The van der Waals surface area contributed by atoms with Crippen molar-refractivity contribution < 1.29 is 9.53 Å². The second-order valence-electron chi connectivity index (χ2n) is 3.40. The predicted molar refractivity (Wildman–Crippen MR) is 72.6 cm³/mol. The number of anilines is 1. The Bertz CT molecular complexity index is 390. The number of nitrogens with one attached hydrogen (secondary N) is 2. The molecule has 0 spiro atoms. The first-order valence-corrected chi connectivity index (χ1v) is 5.89. The smallest absolute Gasteiger partial charge is 0.238 e. The van der Waals surface area contributed by atoms with E-state index in [0.29, 0.717) is 6.54 Å². The predicted octanol–water partition coefficient (Wildman–Crippen LogP) is 2.13. The van der Waals surface area contributed by atoms with Crippen molar-refractivity contribution >= 4 is 27.5 Å². The normalized spacial score (nSPS) is 9.76. The maximum Gasteiger partial charge on any atom is 0.238 e. The molecule has 0 saturated heterocycles. The van der Waals surface area contributed by atoms with E-state index in [0.717, 1.165) is 15.9 Å². The Kier molecular flexibility index (Phi) is 5.72. The zero-order valence-corrected chi connectivity index (χ0v) is 11.2. The highest BCUT2D eigenvalue weighted by Crippen LogP contribution is 2.14. The number of carbonyl (C=O) groups is 1. The Morgan fingerprint density at radius 2 is 2.00 bits per heavy atom. The molecule has 0 aromatic heterocycles. The van der Waals surface area contributed by atoms with Gasteiger partial charge in [-0.2, -0.15) is 0 Å². The van der Waals surface area contributed by atoms with Gasteiger partial charge in [0.1, 0.15) is 5.75 Å². The van der Waals surface area contributed by atoms with Gasteiger partial charge in [0.2, 0.25) is 5.91 Å². The van der Waals surface area contributed by atoms with Crippen molar-refractivity contribution in [3.05, 3.63) is 35.3 Å². The summed E-state index contributed by atoms with van der Waals surface area (Å²) in [7, 11) is 1.60. The number of amides is 1. The lowest BCUT2D eigenvalue weighted by atomic mass is 10.3. The largest absolute Gasteiger partial charge is 0.497 e. The van der Waals surface area contributed by atoms with E-state index < -0.39 is 0 Å². The van der Waals surface area contributed by atoms with Gasteiger partial charge >= 0.3 is 0 Å². The van der Waals surface area contributed by atoms with E-state index in [1.165, 1.54) is 0 Å². The van der Waals surface area contributed by atoms with Gasteiger partial charge in [-0.25, -0.2) is 0 Å². The molecule has 4 nitrogen and oxygen atoms in total. The number of ether oxygens (including phenoxy) is 1. The van der Waals surface area contributed by atoms with Crippen LogP contribution in [0.25, 0.3) is 0 Å². The lowest BCUT2D eigenvalue weighted by molar-refractivity contribution is -0.115. The van der Waals surface area contributed by atoms with Crippen molar-refractivity contribution in [2.45, 2.75) is 0 Å². The molecular formula is C12H15BrN2O2. The zero-order valence-electron chi connectivity index (χ0n) is 9.63. The quantitative estimate of drug-likeness (QED) is 0.846. The monoisotopic (exact) mass is 298 g/mol. The Hall–Kier alpha value is -1.33. The van der Waals surface area contributed by atoms with Gasteiger partial charge in [-0.05, 0) is 24.3 Å². The number of methoxy groups -OCH3 is 1. The third-order valence-corrected chi connectivity index (χ3v) is 2.26. The fraction of sp³-hybridized carbons (Fsp3) is 0.250. The SMILES string of the molecule is C=C(Br)CNCC(=O)Nc1ccc(OC)cc1. The van der Waals surface area contributed by atoms with E-state index in [-0.39, 0.29) is 12.5 Å². The molecule has 1 rings (SSSR count). The average molecular weight is 299 g/mol. The van der Waals surface area contributed by atoms with E-state index in [1.54, 1.807) is 31.4 Å². The molecule has 0 fully saturated rings. The van der Waals surface area contributed by atoms with Crippen LogP contribution in [-0.2, 0) is 4.79 Å². The second kappa shape index (κ2) is 7.09. The van der Waals surface area contributed by atoms with Crippen molar-refractivity contribution in [2.24, 2.45) is 0 Å². The first-order chi connectivity index (χ1) is 8.11. The van der Waals surface area contributed by atoms with Crippen LogP contribution < -0.4 is 15.4 Å². The number of hydrogen-bond donors (Lipinski definition) is 2. The van der Waals surface area contributed by atoms with Crippen molar-refractivity contribution in [1.82, 2.24) is 5.32 Å². The summed E-state index contributed by atoms with van der Waals surface area (Å²) in [4.78, 5) is 11.5. The third kappa shape index (κ3) is 5.51. The average Bonchev–Trinajstić information content (AvgIpc) is 2.29. The Labute approximate surface area is 109 Å². The summed E-state index contributed by atoms with van der Waals surface area (Å²) >= 11 is 3.20. The minimum absolute atomic E-state index is 0.0936. The van der Waals surface area contributed by atoms with Gasteiger partial charge in [0.15, 0.2) is 0 Å². The first-order valence-electron chi connectivity index (χ1n) is 5.09. The van der Waals surface area contributed by atoms with Crippen LogP contribution in [-0.4, -0.2) is 26.1 Å². The third-order valence-electron chi connectivity index (χ3n) is 1.98. The molecule has 0 radical (unpaired) electrons. The highest BCUT2D eigenvalue weighted by atomic mass is 79.9. The van der Waals surface area contributed by atoms with Crippen LogP contribution in [0.4, 0.5) is 5.69 Å². The van der Waals surface area contributed by atoms with E-state index in [1.807, 2.05) is 0 Å². The number of rotatable bonds is 6. The molecule has 1 aromatic rings. The highest BCUT2D eigenvalue weighted by Gasteiger charge is 2.01. The molecule has 0 atom stereocenters. The fourth-order valence-electron chi connectivity index (χ4n) is 1.19. The molecular weight excluding hydrogens is 284 g/mol. The summed E-state index contributed by atoms with van der Waals surface area (Å²) in [5.74, 6) is 0.667. The lowest BCUT2D eigenvalue weighted by Gasteiger charge is -2.07. The van der Waals surface area contributed by atoms with Crippen LogP contribution >= 0.6 is 15.9 Å². The second-order valence-corrected chi connectivity index (χ2v) is 4.52. The lowest BCUT2D eigenvalue weighted by Crippen LogP contribution is -2.28. The van der Waals surface area contributed by atoms with Crippen LogP contribution in [0.1, 0.15) is 0 Å². The molecule has 0 saturated carbocycles. The summed E-state index contributed by atoms with van der Waals surface area (Å²) in [6, 6.07) is 7.17. The van der Waals surface area contributed by atoms with Gasteiger partial charge in [-0.15, -0.1) is 0 Å². The van der Waals surface area contributed by atoms with Crippen molar-refractivity contribution in [2.75, 3.05) is 25.5 Å². The van der Waals surface area contributed by atoms with E-state index in [4.69, 9.17) is 4.74 Å². The van der Waals surface area contributed by atoms with E-state index in [9.17, 15) is 4.79 Å². The Balaban J connectivity index is 2.37.